The molecule has 0 aromatic carbocycles. The van der Waals surface area contributed by atoms with Crippen molar-refractivity contribution in [2.75, 3.05) is 12.4 Å². The van der Waals surface area contributed by atoms with Crippen LogP contribution in [0.15, 0.2) is 0 Å². The van der Waals surface area contributed by atoms with Crippen molar-refractivity contribution in [1.29, 1.82) is 0 Å². The fourth-order valence-electron chi connectivity index (χ4n) is 0.872. The Bertz CT molecular complexity index is 177. The van der Waals surface area contributed by atoms with E-state index in [0.29, 0.717) is 0 Å². The lowest BCUT2D eigenvalue weighted by Crippen LogP contribution is -2.44. The van der Waals surface area contributed by atoms with Gasteiger partial charge in [-0.15, -0.1) is 11.8 Å². The second kappa shape index (κ2) is 6.30. The topological polar surface area (TPSA) is 49.3 Å². The van der Waals surface area contributed by atoms with Crippen molar-refractivity contribution in [2.24, 2.45) is 0 Å². The summed E-state index contributed by atoms with van der Waals surface area (Å²) in [6.45, 7) is 7.99. The van der Waals surface area contributed by atoms with Crippen LogP contribution in [0.25, 0.3) is 0 Å². The van der Waals surface area contributed by atoms with E-state index in [2.05, 4.69) is 5.32 Å². The fraction of sp³-hybridized carbons (Fsp3) is 0.900. The molecule has 0 rings (SSSR count). The summed E-state index contributed by atoms with van der Waals surface area (Å²) in [6, 6.07) is 0. The van der Waals surface area contributed by atoms with Crippen LogP contribution in [0.5, 0.6) is 0 Å². The van der Waals surface area contributed by atoms with E-state index in [-0.39, 0.29) is 23.3 Å². The maximum absolute atomic E-state index is 11.6. The average molecular weight is 219 g/mol. The third-order valence-electron chi connectivity index (χ3n) is 1.54. The van der Waals surface area contributed by atoms with E-state index in [1.165, 1.54) is 0 Å². The Kier molecular flexibility index (Phi) is 6.20. The van der Waals surface area contributed by atoms with Gasteiger partial charge in [-0.3, -0.25) is 4.79 Å². The first-order valence-corrected chi connectivity index (χ1v) is 5.96. The highest BCUT2D eigenvalue weighted by Gasteiger charge is 2.18. The summed E-state index contributed by atoms with van der Waals surface area (Å²) in [7, 11) is 0. The Balaban J connectivity index is 3.77. The third-order valence-corrected chi connectivity index (χ3v) is 2.78. The van der Waals surface area contributed by atoms with E-state index in [0.717, 1.165) is 12.2 Å². The van der Waals surface area contributed by atoms with Crippen molar-refractivity contribution in [3.63, 3.8) is 0 Å². The number of aliphatic hydroxyl groups excluding tert-OH is 1. The lowest BCUT2D eigenvalue weighted by molar-refractivity contribution is -0.121. The molecule has 0 aromatic heterocycles. The molecule has 0 heterocycles. The van der Waals surface area contributed by atoms with Gasteiger partial charge in [-0.05, 0) is 39.9 Å². The van der Waals surface area contributed by atoms with Crippen molar-refractivity contribution in [3.8, 4) is 0 Å². The molecular formula is C10H21NO2S. The molecule has 0 fully saturated rings. The molecule has 0 saturated carbocycles. The Hall–Kier alpha value is -0.220. The van der Waals surface area contributed by atoms with Gasteiger partial charge in [0.25, 0.3) is 0 Å². The van der Waals surface area contributed by atoms with E-state index in [4.69, 9.17) is 5.11 Å². The van der Waals surface area contributed by atoms with E-state index in [1.807, 2.05) is 27.7 Å². The molecule has 0 bridgehead atoms. The smallest absolute Gasteiger partial charge is 0.233 e. The van der Waals surface area contributed by atoms with Crippen LogP contribution in [0.3, 0.4) is 0 Å². The number of hydrogen-bond donors (Lipinski definition) is 2. The Morgan fingerprint density at radius 1 is 1.50 bits per heavy atom. The second-order valence-electron chi connectivity index (χ2n) is 4.33. The van der Waals surface area contributed by atoms with Crippen molar-refractivity contribution in [1.82, 2.24) is 5.32 Å². The monoisotopic (exact) mass is 219 g/mol. The van der Waals surface area contributed by atoms with Crippen LogP contribution in [0.2, 0.25) is 0 Å². The summed E-state index contributed by atoms with van der Waals surface area (Å²) < 4.78 is 0. The molecular weight excluding hydrogens is 198 g/mol. The van der Waals surface area contributed by atoms with Gasteiger partial charge >= 0.3 is 0 Å². The van der Waals surface area contributed by atoms with Crippen LogP contribution in [0.1, 0.15) is 34.1 Å². The lowest BCUT2D eigenvalue weighted by Gasteiger charge is -2.22. The van der Waals surface area contributed by atoms with Gasteiger partial charge in [0, 0.05) is 12.1 Å². The zero-order valence-corrected chi connectivity index (χ0v) is 10.3. The summed E-state index contributed by atoms with van der Waals surface area (Å²) in [5, 5.41) is 11.5. The number of carbonyl (C=O) groups excluding carboxylic acids is 1. The van der Waals surface area contributed by atoms with E-state index in [9.17, 15) is 4.79 Å². The van der Waals surface area contributed by atoms with Gasteiger partial charge in [0.05, 0.1) is 5.25 Å². The molecule has 1 atom stereocenters. The molecule has 14 heavy (non-hydrogen) atoms. The summed E-state index contributed by atoms with van der Waals surface area (Å²) in [5.74, 6) is 0.898. The van der Waals surface area contributed by atoms with Crippen LogP contribution in [-0.2, 0) is 4.79 Å². The first-order chi connectivity index (χ1) is 6.37. The maximum atomic E-state index is 11.6. The second-order valence-corrected chi connectivity index (χ2v) is 5.78. The number of amides is 1. The Labute approximate surface area is 90.7 Å². The standard InChI is InChI=1S/C10H21NO2S/c1-8(14-7-5-6-12)9(13)11-10(2,3)4/h8,12H,5-7H2,1-4H3,(H,11,13). The van der Waals surface area contributed by atoms with E-state index in [1.54, 1.807) is 11.8 Å². The SMILES string of the molecule is CC(SCCCO)C(=O)NC(C)(C)C. The molecule has 0 aromatic rings. The predicted molar refractivity (Wildman–Crippen MR) is 61.5 cm³/mol. The zero-order chi connectivity index (χ0) is 11.2. The molecule has 2 N–H and O–H groups in total. The third kappa shape index (κ3) is 7.21. The molecule has 0 radical (unpaired) electrons. The predicted octanol–water partition coefficient (Wildman–Crippen LogP) is 1.41. The fourth-order valence-corrected chi connectivity index (χ4v) is 1.73. The Morgan fingerprint density at radius 3 is 2.50 bits per heavy atom. The molecule has 4 heteroatoms. The van der Waals surface area contributed by atoms with Crippen LogP contribution in [0, 0.1) is 0 Å². The van der Waals surface area contributed by atoms with E-state index < -0.39 is 0 Å². The van der Waals surface area contributed by atoms with Gasteiger partial charge in [0.1, 0.15) is 0 Å². The zero-order valence-electron chi connectivity index (χ0n) is 9.46. The van der Waals surface area contributed by atoms with Crippen LogP contribution < -0.4 is 5.32 Å². The minimum absolute atomic E-state index is 0.0409. The minimum atomic E-state index is -0.164. The van der Waals surface area contributed by atoms with Gasteiger partial charge in [-0.2, -0.15) is 0 Å². The van der Waals surface area contributed by atoms with Gasteiger partial charge in [0.15, 0.2) is 0 Å². The minimum Gasteiger partial charge on any atom is -0.396 e. The number of rotatable bonds is 5. The highest BCUT2D eigenvalue weighted by atomic mass is 32.2. The number of aliphatic hydroxyl groups is 1. The molecule has 0 spiro atoms. The average Bonchev–Trinajstić information content (AvgIpc) is 2.01. The quantitative estimate of drug-likeness (QED) is 0.687. The van der Waals surface area contributed by atoms with Gasteiger partial charge in [0.2, 0.25) is 5.91 Å². The highest BCUT2D eigenvalue weighted by molar-refractivity contribution is 8.00. The molecule has 3 nitrogen and oxygen atoms in total. The molecule has 1 amide bonds. The summed E-state index contributed by atoms with van der Waals surface area (Å²) in [5.41, 5.74) is -0.164. The van der Waals surface area contributed by atoms with Crippen molar-refractivity contribution in [2.45, 2.75) is 44.9 Å². The Morgan fingerprint density at radius 2 is 2.07 bits per heavy atom. The molecule has 84 valence electrons. The first kappa shape index (κ1) is 13.8. The molecule has 0 aliphatic rings. The van der Waals surface area contributed by atoms with Gasteiger partial charge in [-0.25, -0.2) is 0 Å². The number of hydrogen-bond acceptors (Lipinski definition) is 3. The number of carbonyl (C=O) groups is 1. The molecule has 0 aliphatic carbocycles. The normalized spacial score (nSPS) is 13.8. The molecule has 1 unspecified atom stereocenters. The van der Waals surface area contributed by atoms with Gasteiger partial charge in [-0.1, -0.05) is 0 Å². The number of nitrogens with one attached hydrogen (secondary N) is 1. The van der Waals surface area contributed by atoms with Crippen molar-refractivity contribution >= 4 is 17.7 Å². The molecule has 0 aliphatic heterocycles. The summed E-state index contributed by atoms with van der Waals surface area (Å²) in [6.07, 6.45) is 0.748. The molecule has 0 saturated heterocycles. The lowest BCUT2D eigenvalue weighted by atomic mass is 10.1. The van der Waals surface area contributed by atoms with E-state index >= 15 is 0 Å². The van der Waals surface area contributed by atoms with Crippen LogP contribution in [0.4, 0.5) is 0 Å². The van der Waals surface area contributed by atoms with Crippen LogP contribution in [-0.4, -0.2) is 34.2 Å². The van der Waals surface area contributed by atoms with Crippen molar-refractivity contribution in [3.05, 3.63) is 0 Å². The number of thioether (sulfide) groups is 1. The maximum Gasteiger partial charge on any atom is 0.233 e. The highest BCUT2D eigenvalue weighted by Crippen LogP contribution is 2.12. The first-order valence-electron chi connectivity index (χ1n) is 4.91. The van der Waals surface area contributed by atoms with Crippen LogP contribution >= 0.6 is 11.8 Å². The summed E-state index contributed by atoms with van der Waals surface area (Å²) >= 11 is 1.58. The van der Waals surface area contributed by atoms with Crippen molar-refractivity contribution < 1.29 is 9.90 Å². The largest absolute Gasteiger partial charge is 0.396 e. The van der Waals surface area contributed by atoms with Gasteiger partial charge < -0.3 is 10.4 Å². The summed E-state index contributed by atoms with van der Waals surface area (Å²) in [4.78, 5) is 11.6.